The lowest BCUT2D eigenvalue weighted by Gasteiger charge is -2.28. The Labute approximate surface area is 211 Å². The third-order valence-corrected chi connectivity index (χ3v) is 6.25. The number of amides is 1. The zero-order valence-corrected chi connectivity index (χ0v) is 20.6. The molecular formula is C23H20Cl4N2O4. The van der Waals surface area contributed by atoms with Crippen molar-refractivity contribution in [2.75, 3.05) is 13.1 Å². The van der Waals surface area contributed by atoms with Gasteiger partial charge in [-0.25, -0.2) is 0 Å². The number of rotatable bonds is 7. The molecule has 6 nitrogen and oxygen atoms in total. The average molecular weight is 530 g/mol. The molecule has 2 aromatic rings. The Balaban J connectivity index is 1.77. The van der Waals surface area contributed by atoms with Crippen LogP contribution in [-0.4, -0.2) is 35.8 Å². The fourth-order valence-corrected chi connectivity index (χ4v) is 4.29. The van der Waals surface area contributed by atoms with E-state index in [1.54, 1.807) is 17.0 Å². The Morgan fingerprint density at radius 3 is 2.21 bits per heavy atom. The van der Waals surface area contributed by atoms with Crippen molar-refractivity contribution in [3.05, 3.63) is 50.4 Å². The molecule has 1 fully saturated rings. The molecule has 0 radical (unpaired) electrons. The van der Waals surface area contributed by atoms with Gasteiger partial charge in [0, 0.05) is 24.2 Å². The number of nitriles is 1. The molecule has 0 bridgehead atoms. The van der Waals surface area contributed by atoms with Crippen LogP contribution in [0.25, 0.3) is 0 Å². The van der Waals surface area contributed by atoms with Crippen LogP contribution in [0.1, 0.15) is 26.2 Å². The fraction of sp³-hybridized carbons (Fsp3) is 0.348. The molecule has 10 heteroatoms. The largest absolute Gasteiger partial charge is 0.481 e. The predicted octanol–water partition coefficient (Wildman–Crippen LogP) is 6.58. The van der Waals surface area contributed by atoms with E-state index in [-0.39, 0.29) is 26.6 Å². The number of Topliss-reactive ketones (excluding diaryl/α,β-unsaturated/α-hetero) is 1. The molecule has 3 rings (SSSR count). The maximum Gasteiger partial charge on any atom is 0.247 e. The molecule has 0 spiro atoms. The lowest BCUT2D eigenvalue weighted by Crippen LogP contribution is -2.44. The number of hydrogen-bond acceptors (Lipinski definition) is 5. The van der Waals surface area contributed by atoms with Gasteiger partial charge in [-0.1, -0.05) is 46.4 Å². The summed E-state index contributed by atoms with van der Waals surface area (Å²) >= 11 is 24.5. The number of halogens is 4. The topological polar surface area (TPSA) is 79.6 Å². The predicted molar refractivity (Wildman–Crippen MR) is 128 cm³/mol. The van der Waals surface area contributed by atoms with Crippen LogP contribution in [0.4, 0.5) is 0 Å². The molecule has 174 valence electrons. The van der Waals surface area contributed by atoms with Gasteiger partial charge in [0.05, 0.1) is 21.1 Å². The van der Waals surface area contributed by atoms with Gasteiger partial charge in [-0.3, -0.25) is 9.59 Å². The van der Waals surface area contributed by atoms with E-state index >= 15 is 0 Å². The standard InChI is InChI=1S/C23H20Cl4N2O4/c1-13(22(30)15(12-28)23(31)29-7-3-2-4-8-29)32-20-11-21(18(27)10-17(20)26)33-19-6-5-14(24)9-16(19)25/h5-6,9-11,13,15H,2-4,7-8H2,1H3. The third kappa shape index (κ3) is 6.24. The van der Waals surface area contributed by atoms with E-state index in [4.69, 9.17) is 55.9 Å². The zero-order chi connectivity index (χ0) is 24.1. The number of hydrogen-bond donors (Lipinski definition) is 0. The number of ketones is 1. The van der Waals surface area contributed by atoms with Crippen LogP contribution in [0.2, 0.25) is 20.1 Å². The molecule has 2 aromatic carbocycles. The highest BCUT2D eigenvalue weighted by molar-refractivity contribution is 6.37. The minimum absolute atomic E-state index is 0.101. The lowest BCUT2D eigenvalue weighted by atomic mass is 9.99. The second kappa shape index (κ2) is 11.3. The number of nitrogens with zero attached hydrogens (tertiary/aromatic N) is 2. The normalized spacial score (nSPS) is 15.3. The molecule has 2 unspecified atom stereocenters. The van der Waals surface area contributed by atoms with Gasteiger partial charge < -0.3 is 14.4 Å². The van der Waals surface area contributed by atoms with Crippen molar-refractivity contribution in [1.82, 2.24) is 4.90 Å². The summed E-state index contributed by atoms with van der Waals surface area (Å²) in [5.41, 5.74) is 0. The Morgan fingerprint density at radius 2 is 1.58 bits per heavy atom. The SMILES string of the molecule is CC(Oc1cc(Oc2ccc(Cl)cc2Cl)c(Cl)cc1Cl)C(=O)C(C#N)C(=O)N1CCCCC1. The van der Waals surface area contributed by atoms with Crippen LogP contribution >= 0.6 is 46.4 Å². The van der Waals surface area contributed by atoms with E-state index < -0.39 is 23.7 Å². The molecule has 1 saturated heterocycles. The minimum Gasteiger partial charge on any atom is -0.481 e. The van der Waals surface area contributed by atoms with E-state index in [9.17, 15) is 14.9 Å². The number of likely N-dealkylation sites (tertiary alicyclic amines) is 1. The first-order valence-corrected chi connectivity index (χ1v) is 11.7. The van der Waals surface area contributed by atoms with Gasteiger partial charge >= 0.3 is 0 Å². The van der Waals surface area contributed by atoms with Crippen molar-refractivity contribution in [3.63, 3.8) is 0 Å². The molecule has 0 saturated carbocycles. The van der Waals surface area contributed by atoms with Crippen LogP contribution < -0.4 is 9.47 Å². The molecule has 1 amide bonds. The van der Waals surface area contributed by atoms with Crippen molar-refractivity contribution in [2.45, 2.75) is 32.3 Å². The van der Waals surface area contributed by atoms with E-state index in [1.165, 1.54) is 25.1 Å². The quantitative estimate of drug-likeness (QED) is 0.378. The summed E-state index contributed by atoms with van der Waals surface area (Å²) in [6.07, 6.45) is 1.61. The van der Waals surface area contributed by atoms with Gasteiger partial charge in [-0.2, -0.15) is 5.26 Å². The Morgan fingerprint density at radius 1 is 0.939 bits per heavy atom. The summed E-state index contributed by atoms with van der Waals surface area (Å²) in [6.45, 7) is 2.53. The molecule has 0 aliphatic carbocycles. The van der Waals surface area contributed by atoms with Gasteiger partial charge in [0.1, 0.15) is 17.2 Å². The van der Waals surface area contributed by atoms with Crippen LogP contribution in [0.5, 0.6) is 17.2 Å². The maximum absolute atomic E-state index is 12.9. The van der Waals surface area contributed by atoms with E-state index in [0.717, 1.165) is 19.3 Å². The lowest BCUT2D eigenvalue weighted by molar-refractivity contribution is -0.142. The first kappa shape index (κ1) is 25.5. The van der Waals surface area contributed by atoms with Crippen molar-refractivity contribution < 1.29 is 19.1 Å². The van der Waals surface area contributed by atoms with Crippen LogP contribution in [0, 0.1) is 17.2 Å². The van der Waals surface area contributed by atoms with Gasteiger partial charge in [-0.15, -0.1) is 0 Å². The number of carbonyl (C=O) groups excluding carboxylic acids is 2. The van der Waals surface area contributed by atoms with Crippen LogP contribution in [-0.2, 0) is 9.59 Å². The second-order valence-electron chi connectivity index (χ2n) is 7.50. The highest BCUT2D eigenvalue weighted by Crippen LogP contribution is 2.40. The fourth-order valence-electron chi connectivity index (χ4n) is 3.38. The summed E-state index contributed by atoms with van der Waals surface area (Å²) in [6, 6.07) is 9.32. The average Bonchev–Trinajstić information content (AvgIpc) is 2.79. The smallest absolute Gasteiger partial charge is 0.247 e. The number of piperidine rings is 1. The molecule has 1 aliphatic heterocycles. The molecule has 1 heterocycles. The van der Waals surface area contributed by atoms with Crippen molar-refractivity contribution in [1.29, 1.82) is 5.26 Å². The molecule has 33 heavy (non-hydrogen) atoms. The number of ether oxygens (including phenoxy) is 2. The second-order valence-corrected chi connectivity index (χ2v) is 9.16. The third-order valence-electron chi connectivity index (χ3n) is 5.13. The monoisotopic (exact) mass is 528 g/mol. The number of benzene rings is 2. The highest BCUT2D eigenvalue weighted by Gasteiger charge is 2.35. The van der Waals surface area contributed by atoms with Gasteiger partial charge in [0.2, 0.25) is 5.91 Å². The van der Waals surface area contributed by atoms with Gasteiger partial charge in [-0.05, 0) is 50.5 Å². The molecule has 0 aromatic heterocycles. The van der Waals surface area contributed by atoms with E-state index in [2.05, 4.69) is 0 Å². The summed E-state index contributed by atoms with van der Waals surface area (Å²) < 4.78 is 11.5. The van der Waals surface area contributed by atoms with Crippen LogP contribution in [0.15, 0.2) is 30.3 Å². The zero-order valence-electron chi connectivity index (χ0n) is 17.6. The van der Waals surface area contributed by atoms with Crippen molar-refractivity contribution in [2.24, 2.45) is 5.92 Å². The summed E-state index contributed by atoms with van der Waals surface area (Å²) in [5, 5.41) is 10.5. The Hall–Kier alpha value is -2.17. The Bertz CT molecular complexity index is 1100. The van der Waals surface area contributed by atoms with Gasteiger partial charge in [0.25, 0.3) is 0 Å². The van der Waals surface area contributed by atoms with Crippen LogP contribution in [0.3, 0.4) is 0 Å². The first-order chi connectivity index (χ1) is 15.7. The molecule has 2 atom stereocenters. The molecular weight excluding hydrogens is 510 g/mol. The maximum atomic E-state index is 12.9. The van der Waals surface area contributed by atoms with E-state index in [0.29, 0.717) is 23.9 Å². The van der Waals surface area contributed by atoms with Gasteiger partial charge in [0.15, 0.2) is 17.8 Å². The van der Waals surface area contributed by atoms with Crippen molar-refractivity contribution in [3.8, 4) is 23.3 Å². The molecule has 0 N–H and O–H groups in total. The molecule has 1 aliphatic rings. The minimum atomic E-state index is -1.45. The summed E-state index contributed by atoms with van der Waals surface area (Å²) in [5.74, 6) is -2.02. The summed E-state index contributed by atoms with van der Waals surface area (Å²) in [7, 11) is 0. The number of carbonyl (C=O) groups is 2. The summed E-state index contributed by atoms with van der Waals surface area (Å²) in [4.78, 5) is 27.1. The highest BCUT2D eigenvalue weighted by atomic mass is 35.5. The van der Waals surface area contributed by atoms with E-state index in [1.807, 2.05) is 6.07 Å². The van der Waals surface area contributed by atoms with Crippen molar-refractivity contribution >= 4 is 58.1 Å². The first-order valence-electron chi connectivity index (χ1n) is 10.2. The Kier molecular flexibility index (Phi) is 8.72.